The molecule has 13 heavy (non-hydrogen) atoms. The number of halogens is 3. The van der Waals surface area contributed by atoms with Crippen molar-refractivity contribution in [1.82, 2.24) is 0 Å². The van der Waals surface area contributed by atoms with Crippen LogP contribution in [0, 0.1) is 12.5 Å². The number of alkyl halides is 3. The number of ether oxygens (including phenoxy) is 1. The van der Waals surface area contributed by atoms with Crippen LogP contribution in [-0.2, 0) is 4.74 Å². The zero-order valence-corrected chi connectivity index (χ0v) is 6.85. The third-order valence-electron chi connectivity index (χ3n) is 1.36. The lowest BCUT2D eigenvalue weighted by Crippen LogP contribution is -2.04. The van der Waals surface area contributed by atoms with Crippen LogP contribution in [0.25, 0.3) is 0 Å². The molecule has 0 aromatic rings. The zero-order chi connectivity index (χ0) is 9.90. The molecular weight excluding hydrogens is 181 g/mol. The summed E-state index contributed by atoms with van der Waals surface area (Å²) in [7, 11) is 1.40. The van der Waals surface area contributed by atoms with Crippen LogP contribution < -0.4 is 0 Å². The van der Waals surface area contributed by atoms with Gasteiger partial charge < -0.3 is 4.74 Å². The van der Waals surface area contributed by atoms with Crippen molar-refractivity contribution in [1.29, 1.82) is 0 Å². The summed E-state index contributed by atoms with van der Waals surface area (Å²) in [4.78, 5) is 0. The molecule has 0 atom stereocenters. The van der Waals surface area contributed by atoms with E-state index in [1.165, 1.54) is 31.4 Å². The molecule has 1 aliphatic rings. The number of rotatable bonds is 1. The van der Waals surface area contributed by atoms with Gasteiger partial charge in [0, 0.05) is 11.6 Å². The summed E-state index contributed by atoms with van der Waals surface area (Å²) in [6, 6.07) is 0. The Morgan fingerprint density at radius 3 is 2.69 bits per heavy atom. The van der Waals surface area contributed by atoms with Crippen LogP contribution in [0.15, 0.2) is 29.6 Å². The fourth-order valence-electron chi connectivity index (χ4n) is 0.864. The molecule has 0 unspecified atom stereocenters. The topological polar surface area (TPSA) is 9.23 Å². The lowest BCUT2D eigenvalue weighted by Gasteiger charge is -2.05. The maximum atomic E-state index is 11.8. The summed E-state index contributed by atoms with van der Waals surface area (Å²) in [6.45, 7) is 0. The van der Waals surface area contributed by atoms with E-state index in [-0.39, 0.29) is 5.57 Å². The number of hydrogen-bond acceptors (Lipinski definition) is 1. The summed E-state index contributed by atoms with van der Waals surface area (Å²) < 4.78 is 40.2. The van der Waals surface area contributed by atoms with Gasteiger partial charge in [0.15, 0.2) is 0 Å². The molecule has 0 heterocycles. The van der Waals surface area contributed by atoms with Crippen LogP contribution in [0.2, 0.25) is 0 Å². The Balaban J connectivity index is 2.82. The molecule has 0 aromatic heterocycles. The Hall–Kier alpha value is -1.32. The van der Waals surface area contributed by atoms with Crippen molar-refractivity contribution in [3.63, 3.8) is 0 Å². The van der Waals surface area contributed by atoms with E-state index in [9.17, 15) is 13.2 Å². The van der Waals surface area contributed by atoms with Crippen LogP contribution in [0.4, 0.5) is 13.2 Å². The molecule has 0 saturated heterocycles. The van der Waals surface area contributed by atoms with Gasteiger partial charge in [-0.2, -0.15) is 13.2 Å². The molecule has 0 aliphatic heterocycles. The molecule has 0 fully saturated rings. The molecule has 1 nitrogen and oxygen atoms in total. The maximum absolute atomic E-state index is 11.8. The van der Waals surface area contributed by atoms with Crippen LogP contribution in [0.3, 0.4) is 0 Å². The normalized spacial score (nSPS) is 19.7. The molecule has 0 N–H and O–H groups in total. The highest BCUT2D eigenvalue weighted by molar-refractivity contribution is 5.40. The second-order valence-corrected chi connectivity index (χ2v) is 2.35. The third-order valence-corrected chi connectivity index (χ3v) is 1.36. The largest absolute Gasteiger partial charge is 0.475 e. The molecule has 0 saturated carbocycles. The highest BCUT2D eigenvalue weighted by atomic mass is 19.4. The molecule has 1 aliphatic carbocycles. The smallest absolute Gasteiger partial charge is 0.365 e. The van der Waals surface area contributed by atoms with Crippen molar-refractivity contribution in [2.45, 2.75) is 6.18 Å². The van der Waals surface area contributed by atoms with E-state index in [0.717, 1.165) is 0 Å². The number of methoxy groups -OCH3 is 1. The van der Waals surface area contributed by atoms with E-state index in [0.29, 0.717) is 5.76 Å². The van der Waals surface area contributed by atoms with Crippen LogP contribution >= 0.6 is 0 Å². The van der Waals surface area contributed by atoms with Crippen molar-refractivity contribution >= 4 is 0 Å². The van der Waals surface area contributed by atoms with Crippen LogP contribution in [0.1, 0.15) is 0 Å². The monoisotopic (exact) mass is 188 g/mol. The van der Waals surface area contributed by atoms with E-state index in [4.69, 9.17) is 4.74 Å². The summed E-state index contributed by atoms with van der Waals surface area (Å²) in [6.07, 6.45) is 2.60. The third kappa shape index (κ3) is 3.27. The van der Waals surface area contributed by atoms with Crippen molar-refractivity contribution in [2.24, 2.45) is 0 Å². The Morgan fingerprint density at radius 1 is 1.46 bits per heavy atom. The minimum absolute atomic E-state index is 0.0353. The van der Waals surface area contributed by atoms with Crippen molar-refractivity contribution < 1.29 is 17.9 Å². The van der Waals surface area contributed by atoms with Gasteiger partial charge in [0.1, 0.15) is 0 Å². The Labute approximate surface area is 74.2 Å². The first kappa shape index (κ1) is 9.77. The second kappa shape index (κ2) is 3.60. The highest BCUT2D eigenvalue weighted by Gasteiger charge is 2.22. The van der Waals surface area contributed by atoms with Crippen molar-refractivity contribution in [3.05, 3.63) is 42.1 Å². The first-order valence-electron chi connectivity index (χ1n) is 3.50. The van der Waals surface area contributed by atoms with Gasteiger partial charge in [0.05, 0.1) is 25.7 Å². The average molecular weight is 188 g/mol. The zero-order valence-electron chi connectivity index (χ0n) is 6.85. The van der Waals surface area contributed by atoms with Gasteiger partial charge in [-0.1, -0.05) is 0 Å². The summed E-state index contributed by atoms with van der Waals surface area (Å²) in [5.41, 5.74) is -0.0353. The van der Waals surface area contributed by atoms with Gasteiger partial charge in [-0.25, -0.2) is 0 Å². The molecule has 1 rings (SSSR count). The molecule has 0 radical (unpaired) electrons. The quantitative estimate of drug-likeness (QED) is 0.574. The molecule has 70 valence electrons. The van der Waals surface area contributed by atoms with Gasteiger partial charge >= 0.3 is 6.18 Å². The lowest BCUT2D eigenvalue weighted by atomic mass is 10.1. The van der Waals surface area contributed by atoms with E-state index < -0.39 is 6.18 Å². The van der Waals surface area contributed by atoms with Crippen molar-refractivity contribution in [3.8, 4) is 0 Å². The molecular formula is C9H7F3O. The SMILES string of the molecule is COC1=CC(=[C-]C(F)(F)F)C=C[CH+]1. The predicted octanol–water partition coefficient (Wildman–Crippen LogP) is 2.58. The van der Waals surface area contributed by atoms with Gasteiger partial charge in [-0.3, -0.25) is 0 Å². The number of allylic oxidation sites excluding steroid dienone is 5. The first-order chi connectivity index (χ1) is 6.01. The average Bonchev–Trinajstić information content (AvgIpc) is 2.01. The first-order valence-corrected chi connectivity index (χ1v) is 3.50. The fourth-order valence-corrected chi connectivity index (χ4v) is 0.864. The highest BCUT2D eigenvalue weighted by Crippen LogP contribution is 2.22. The minimum atomic E-state index is -4.41. The van der Waals surface area contributed by atoms with Gasteiger partial charge in [-0.05, 0) is 6.08 Å². The van der Waals surface area contributed by atoms with E-state index in [1.54, 1.807) is 6.42 Å². The Bertz CT molecular complexity index is 271. The van der Waals surface area contributed by atoms with Crippen LogP contribution in [0.5, 0.6) is 0 Å². The van der Waals surface area contributed by atoms with Gasteiger partial charge in [0.25, 0.3) is 0 Å². The molecule has 0 amide bonds. The summed E-state index contributed by atoms with van der Waals surface area (Å²) in [5, 5.41) is 0. The summed E-state index contributed by atoms with van der Waals surface area (Å²) >= 11 is 0. The molecule has 0 bridgehead atoms. The second-order valence-electron chi connectivity index (χ2n) is 2.35. The summed E-state index contributed by atoms with van der Waals surface area (Å²) in [5.74, 6) is 0.384. The standard InChI is InChI=1S/C9H7F3O/c1-13-8-4-2-3-7(5-8)6-9(10,11)12/h2-5H,1H3. The van der Waals surface area contributed by atoms with Gasteiger partial charge in [0.2, 0.25) is 5.76 Å². The molecule has 4 heteroatoms. The fraction of sp³-hybridized carbons (Fsp3) is 0.222. The maximum Gasteiger partial charge on any atom is 0.365 e. The minimum Gasteiger partial charge on any atom is -0.475 e. The van der Waals surface area contributed by atoms with E-state index in [2.05, 4.69) is 0 Å². The Morgan fingerprint density at radius 2 is 2.15 bits per heavy atom. The number of hydrogen-bond donors (Lipinski definition) is 0. The predicted molar refractivity (Wildman–Crippen MR) is 41.3 cm³/mol. The van der Waals surface area contributed by atoms with Crippen LogP contribution in [-0.4, -0.2) is 13.3 Å². The van der Waals surface area contributed by atoms with E-state index >= 15 is 0 Å². The van der Waals surface area contributed by atoms with Gasteiger partial charge in [-0.15, -0.1) is 0 Å². The Kier molecular flexibility index (Phi) is 2.70. The molecule has 0 spiro atoms. The molecule has 0 aromatic carbocycles. The van der Waals surface area contributed by atoms with Crippen molar-refractivity contribution in [2.75, 3.05) is 7.11 Å². The lowest BCUT2D eigenvalue weighted by molar-refractivity contribution is -0.0879. The van der Waals surface area contributed by atoms with E-state index in [1.807, 2.05) is 0 Å².